The van der Waals surface area contributed by atoms with Crippen molar-refractivity contribution in [2.24, 2.45) is 0 Å². The zero-order chi connectivity index (χ0) is 66.1. The number of carboxylic acid groups (broad SMARTS) is 1. The van der Waals surface area contributed by atoms with Crippen molar-refractivity contribution in [3.63, 3.8) is 0 Å². The number of ether oxygens (including phenoxy) is 4. The van der Waals surface area contributed by atoms with E-state index in [-0.39, 0.29) is 38.6 Å². The van der Waals surface area contributed by atoms with E-state index in [2.05, 4.69) is 135 Å². The van der Waals surface area contributed by atoms with Crippen LogP contribution in [-0.2, 0) is 33.3 Å². The Bertz CT molecular complexity index is 1910. The Morgan fingerprint density at radius 3 is 0.934 bits per heavy atom. The Kier molecular flexibility index (Phi) is 68.1. The first-order valence-electron chi connectivity index (χ1n) is 37.7. The number of unbranched alkanes of at least 4 members (excludes halogenated alkanes) is 34. The van der Waals surface area contributed by atoms with Gasteiger partial charge in [0.1, 0.15) is 13.2 Å². The molecule has 0 spiro atoms. The zero-order valence-corrected chi connectivity index (χ0v) is 59.7. The molecule has 0 aromatic rings. The molecular weight excluding hydrogens is 1130 g/mol. The minimum Gasteiger partial charge on any atom is -0.545 e. The van der Waals surface area contributed by atoms with Crippen LogP contribution in [0.15, 0.2) is 122 Å². The summed E-state index contributed by atoms with van der Waals surface area (Å²) in [6.45, 7) is 4.62. The zero-order valence-electron chi connectivity index (χ0n) is 59.7. The van der Waals surface area contributed by atoms with Gasteiger partial charge in [0, 0.05) is 12.8 Å². The van der Waals surface area contributed by atoms with Crippen LogP contribution in [0.1, 0.15) is 322 Å². The lowest BCUT2D eigenvalue weighted by Crippen LogP contribution is -2.44. The largest absolute Gasteiger partial charge is 0.545 e. The summed E-state index contributed by atoms with van der Waals surface area (Å²) < 4.78 is 22.8. The number of quaternary nitrogens is 1. The number of carboxylic acids is 1. The maximum absolute atomic E-state index is 12.9. The van der Waals surface area contributed by atoms with Crippen LogP contribution >= 0.6 is 0 Å². The van der Waals surface area contributed by atoms with E-state index in [0.717, 1.165) is 109 Å². The van der Waals surface area contributed by atoms with Crippen LogP contribution in [0.2, 0.25) is 0 Å². The maximum atomic E-state index is 12.9. The van der Waals surface area contributed by atoms with Crippen molar-refractivity contribution >= 4 is 17.9 Å². The monoisotopic (exact) mass is 1270 g/mol. The molecule has 2 unspecified atom stereocenters. The number of hydrogen-bond acceptors (Lipinski definition) is 8. The van der Waals surface area contributed by atoms with Gasteiger partial charge in [-0.25, -0.2) is 0 Å². The SMILES string of the molecule is CC/C=C\C/C=C\C/C=C\C/C=C\C/C=C\C/C=C\C/C=C\CCCCCCCC(=O)OC(COC(=O)CCCCCCCCCCCCCCCCCCCCCCCCCC/C=C\C/C=C\C/C=C\CCCCCCC)COC(OCC[N+](C)(C)C)C(=O)[O-]. The standard InChI is InChI=1S/C82H141NO8/c1-6-8-10-12-14-16-18-20-22-24-26-28-30-32-34-35-36-37-38-39-40-41-42-43-44-45-47-48-50-52-54-56-58-60-62-64-66-68-70-72-79(84)89-76-78(77-90-82(81(86)87)88-75-74-83(3,4)5)91-80(85)73-71-69-67-65-63-61-59-57-55-53-51-49-46-33-31-29-27-25-23-21-19-17-15-13-11-9-7-2/h9,11,15,17-18,20-21,23-24,26-27,29-30,32-33,46,51,53,57,59,78,82H,6-8,10,12-14,16,19,22,25,28,31,34-45,47-50,52,54-56,58,60-77H2,1-5H3/b11-9-,17-15-,20-18-,23-21-,26-24-,29-27-,32-30-,46-33-,53-51-,59-57-. The van der Waals surface area contributed by atoms with Crippen LogP contribution in [0.4, 0.5) is 0 Å². The predicted octanol–water partition coefficient (Wildman–Crippen LogP) is 22.6. The molecule has 0 aliphatic heterocycles. The number of esters is 2. The van der Waals surface area contributed by atoms with Crippen molar-refractivity contribution in [1.29, 1.82) is 0 Å². The lowest BCUT2D eigenvalue weighted by Gasteiger charge is -2.26. The first-order valence-corrected chi connectivity index (χ1v) is 37.7. The number of allylic oxidation sites excluding steroid dienone is 20. The van der Waals surface area contributed by atoms with Gasteiger partial charge in [-0.15, -0.1) is 0 Å². The molecule has 0 fully saturated rings. The van der Waals surface area contributed by atoms with E-state index < -0.39 is 24.3 Å². The number of carbonyl (C=O) groups excluding carboxylic acids is 3. The topological polar surface area (TPSA) is 111 Å². The van der Waals surface area contributed by atoms with Crippen LogP contribution in [-0.4, -0.2) is 82.3 Å². The second-order valence-electron chi connectivity index (χ2n) is 26.2. The highest BCUT2D eigenvalue weighted by Crippen LogP contribution is 2.18. The molecule has 522 valence electrons. The fraction of sp³-hybridized carbons (Fsp3) is 0.720. The Hall–Kier alpha value is -4.31. The molecule has 0 N–H and O–H groups in total. The van der Waals surface area contributed by atoms with E-state index in [1.165, 1.54) is 180 Å². The van der Waals surface area contributed by atoms with Gasteiger partial charge in [-0.2, -0.15) is 0 Å². The number of carbonyl (C=O) groups is 3. The molecule has 9 nitrogen and oxygen atoms in total. The Labute approximate surface area is 561 Å². The van der Waals surface area contributed by atoms with Gasteiger partial charge in [0.2, 0.25) is 0 Å². The summed E-state index contributed by atoms with van der Waals surface area (Å²) in [5.41, 5.74) is 0. The molecule has 0 saturated heterocycles. The molecule has 9 heteroatoms. The first-order chi connectivity index (χ1) is 44.6. The van der Waals surface area contributed by atoms with E-state index in [4.69, 9.17) is 18.9 Å². The molecule has 0 aromatic carbocycles. The Morgan fingerprint density at radius 1 is 0.341 bits per heavy atom. The van der Waals surface area contributed by atoms with E-state index in [1.807, 2.05) is 21.1 Å². The van der Waals surface area contributed by atoms with Gasteiger partial charge in [-0.05, 0) is 109 Å². The summed E-state index contributed by atoms with van der Waals surface area (Å²) in [5, 5.41) is 11.8. The molecular formula is C82H141NO8. The molecule has 0 rings (SSSR count). The molecule has 0 aromatic heterocycles. The molecule has 0 aliphatic carbocycles. The van der Waals surface area contributed by atoms with Gasteiger partial charge in [-0.3, -0.25) is 9.59 Å². The van der Waals surface area contributed by atoms with Crippen LogP contribution in [0, 0.1) is 0 Å². The van der Waals surface area contributed by atoms with Crippen molar-refractivity contribution in [2.75, 3.05) is 47.5 Å². The third-order valence-corrected chi connectivity index (χ3v) is 16.2. The lowest BCUT2D eigenvalue weighted by molar-refractivity contribution is -0.870. The molecule has 0 bridgehead atoms. The summed E-state index contributed by atoms with van der Waals surface area (Å²) in [6.07, 6.45) is 98.8. The lowest BCUT2D eigenvalue weighted by atomic mass is 10.0. The van der Waals surface area contributed by atoms with E-state index in [9.17, 15) is 19.5 Å². The molecule has 0 heterocycles. The highest BCUT2D eigenvalue weighted by Gasteiger charge is 2.22. The van der Waals surface area contributed by atoms with Gasteiger partial charge in [0.05, 0.1) is 40.3 Å². The summed E-state index contributed by atoms with van der Waals surface area (Å²) in [6, 6.07) is 0. The summed E-state index contributed by atoms with van der Waals surface area (Å²) >= 11 is 0. The van der Waals surface area contributed by atoms with Crippen molar-refractivity contribution < 1.29 is 42.9 Å². The Balaban J connectivity index is 4.06. The third-order valence-electron chi connectivity index (χ3n) is 16.2. The molecule has 91 heavy (non-hydrogen) atoms. The van der Waals surface area contributed by atoms with Crippen LogP contribution in [0.5, 0.6) is 0 Å². The number of aliphatic carboxylic acids is 1. The second kappa shape index (κ2) is 71.5. The predicted molar refractivity (Wildman–Crippen MR) is 389 cm³/mol. The number of rotatable bonds is 69. The van der Waals surface area contributed by atoms with E-state index >= 15 is 0 Å². The number of hydrogen-bond donors (Lipinski definition) is 0. The fourth-order valence-corrected chi connectivity index (χ4v) is 10.5. The number of likely N-dealkylation sites (N-methyl/N-ethyl adjacent to an activating group) is 1. The highest BCUT2D eigenvalue weighted by molar-refractivity contribution is 5.70. The smallest absolute Gasteiger partial charge is 0.306 e. The van der Waals surface area contributed by atoms with Crippen molar-refractivity contribution in [3.8, 4) is 0 Å². The van der Waals surface area contributed by atoms with Gasteiger partial charge in [-0.1, -0.05) is 322 Å². The minimum absolute atomic E-state index is 0.139. The molecule has 0 amide bonds. The first kappa shape index (κ1) is 86.7. The van der Waals surface area contributed by atoms with Crippen molar-refractivity contribution in [1.82, 2.24) is 0 Å². The average molecular weight is 1270 g/mol. The molecule has 2 atom stereocenters. The summed E-state index contributed by atoms with van der Waals surface area (Å²) in [5.74, 6) is -2.31. The summed E-state index contributed by atoms with van der Waals surface area (Å²) in [7, 11) is 5.92. The average Bonchev–Trinajstić information content (AvgIpc) is 3.46. The van der Waals surface area contributed by atoms with E-state index in [0.29, 0.717) is 17.4 Å². The number of nitrogens with zero attached hydrogens (tertiary/aromatic N) is 1. The normalized spacial score (nSPS) is 13.4. The minimum atomic E-state index is -1.63. The fourth-order valence-electron chi connectivity index (χ4n) is 10.5. The van der Waals surface area contributed by atoms with E-state index in [1.54, 1.807) is 0 Å². The van der Waals surface area contributed by atoms with Crippen LogP contribution in [0.3, 0.4) is 0 Å². The molecule has 0 aliphatic rings. The Morgan fingerprint density at radius 2 is 0.626 bits per heavy atom. The molecule has 0 saturated carbocycles. The van der Waals surface area contributed by atoms with Gasteiger partial charge in [0.15, 0.2) is 12.4 Å². The molecule has 0 radical (unpaired) electrons. The highest BCUT2D eigenvalue weighted by atomic mass is 16.7. The van der Waals surface area contributed by atoms with Crippen molar-refractivity contribution in [3.05, 3.63) is 122 Å². The quantitative estimate of drug-likeness (QED) is 0.0195. The third kappa shape index (κ3) is 73.0. The van der Waals surface area contributed by atoms with Crippen molar-refractivity contribution in [2.45, 2.75) is 334 Å². The summed E-state index contributed by atoms with van der Waals surface area (Å²) in [4.78, 5) is 37.5. The van der Waals surface area contributed by atoms with Gasteiger partial charge >= 0.3 is 11.9 Å². The van der Waals surface area contributed by atoms with Crippen LogP contribution < -0.4 is 5.11 Å². The van der Waals surface area contributed by atoms with Crippen LogP contribution in [0.25, 0.3) is 0 Å². The van der Waals surface area contributed by atoms with Gasteiger partial charge in [0.25, 0.3) is 0 Å². The maximum Gasteiger partial charge on any atom is 0.306 e. The van der Waals surface area contributed by atoms with Gasteiger partial charge < -0.3 is 33.3 Å². The second-order valence-corrected chi connectivity index (χ2v) is 26.2.